The lowest BCUT2D eigenvalue weighted by Crippen LogP contribution is -2.28. The summed E-state index contributed by atoms with van der Waals surface area (Å²) in [6, 6.07) is 0. The summed E-state index contributed by atoms with van der Waals surface area (Å²) in [5.74, 6) is 0.214. The van der Waals surface area contributed by atoms with Crippen LogP contribution in [0.25, 0.3) is 0 Å². The van der Waals surface area contributed by atoms with Crippen molar-refractivity contribution in [2.45, 2.75) is 26.2 Å². The summed E-state index contributed by atoms with van der Waals surface area (Å²) in [4.78, 5) is 22.4. The van der Waals surface area contributed by atoms with Gasteiger partial charge in [0.15, 0.2) is 0 Å². The van der Waals surface area contributed by atoms with Crippen molar-refractivity contribution in [3.63, 3.8) is 0 Å². The topological polar surface area (TPSA) is 67.4 Å². The van der Waals surface area contributed by atoms with Crippen LogP contribution >= 0.6 is 12.4 Å². The number of esters is 1. The van der Waals surface area contributed by atoms with Crippen molar-refractivity contribution in [3.05, 3.63) is 0 Å². The summed E-state index contributed by atoms with van der Waals surface area (Å²) in [6.45, 7) is 4.45. The van der Waals surface area contributed by atoms with Crippen molar-refractivity contribution in [2.75, 3.05) is 26.2 Å². The molecule has 0 aromatic heterocycles. The SMILES string of the molecule is CCOC(=O)CCNC(=O)CC1CCNC1.Cl. The van der Waals surface area contributed by atoms with Gasteiger partial charge in [0.05, 0.1) is 13.0 Å². The van der Waals surface area contributed by atoms with E-state index in [0.717, 1.165) is 19.5 Å². The number of halogens is 1. The van der Waals surface area contributed by atoms with Crippen molar-refractivity contribution >= 4 is 24.3 Å². The lowest BCUT2D eigenvalue weighted by atomic mass is 10.0. The van der Waals surface area contributed by atoms with Crippen LogP contribution < -0.4 is 10.6 Å². The molecule has 1 atom stereocenters. The Labute approximate surface area is 108 Å². The molecule has 0 bridgehead atoms. The van der Waals surface area contributed by atoms with Gasteiger partial charge in [-0.2, -0.15) is 0 Å². The second kappa shape index (κ2) is 9.24. The van der Waals surface area contributed by atoms with Crippen molar-refractivity contribution in [1.82, 2.24) is 10.6 Å². The molecule has 0 aromatic rings. The number of rotatable bonds is 6. The summed E-state index contributed by atoms with van der Waals surface area (Å²) in [5, 5.41) is 5.95. The fraction of sp³-hybridized carbons (Fsp3) is 0.818. The molecule has 6 heteroatoms. The number of ether oxygens (including phenoxy) is 1. The first kappa shape index (κ1) is 16.2. The van der Waals surface area contributed by atoms with E-state index in [1.807, 2.05) is 0 Å². The molecule has 0 radical (unpaired) electrons. The summed E-state index contributed by atoms with van der Waals surface area (Å²) >= 11 is 0. The molecule has 100 valence electrons. The smallest absolute Gasteiger partial charge is 0.307 e. The summed E-state index contributed by atoms with van der Waals surface area (Å²) in [5.41, 5.74) is 0. The minimum atomic E-state index is -0.259. The van der Waals surface area contributed by atoms with Crippen molar-refractivity contribution in [2.24, 2.45) is 5.92 Å². The first-order valence-electron chi connectivity index (χ1n) is 5.85. The number of carbonyl (C=O) groups is 2. The van der Waals surface area contributed by atoms with E-state index in [0.29, 0.717) is 25.5 Å². The Morgan fingerprint density at radius 3 is 2.82 bits per heavy atom. The molecule has 5 nitrogen and oxygen atoms in total. The van der Waals surface area contributed by atoms with Crippen LogP contribution in [0.3, 0.4) is 0 Å². The summed E-state index contributed by atoms with van der Waals surface area (Å²) in [7, 11) is 0. The number of hydrogen-bond donors (Lipinski definition) is 2. The van der Waals surface area contributed by atoms with E-state index in [2.05, 4.69) is 10.6 Å². The molecule has 0 saturated carbocycles. The van der Waals surface area contributed by atoms with Crippen molar-refractivity contribution in [3.8, 4) is 0 Å². The van der Waals surface area contributed by atoms with Crippen LogP contribution in [0.4, 0.5) is 0 Å². The van der Waals surface area contributed by atoms with E-state index in [1.54, 1.807) is 6.92 Å². The molecular formula is C11H21ClN2O3. The maximum atomic E-state index is 11.4. The van der Waals surface area contributed by atoms with Crippen LogP contribution in [0, 0.1) is 5.92 Å². The normalized spacial score (nSPS) is 18.3. The highest BCUT2D eigenvalue weighted by molar-refractivity contribution is 5.85. The number of amides is 1. The van der Waals surface area contributed by atoms with Crippen LogP contribution in [-0.4, -0.2) is 38.1 Å². The van der Waals surface area contributed by atoms with Gasteiger partial charge < -0.3 is 15.4 Å². The standard InChI is InChI=1S/C11H20N2O3.ClH/c1-2-16-11(15)4-6-13-10(14)7-9-3-5-12-8-9;/h9,12H,2-8H2,1H3,(H,13,14);1H. The van der Waals surface area contributed by atoms with Crippen molar-refractivity contribution in [1.29, 1.82) is 0 Å². The van der Waals surface area contributed by atoms with Crippen LogP contribution in [0.5, 0.6) is 0 Å². The van der Waals surface area contributed by atoms with Crippen LogP contribution in [0.15, 0.2) is 0 Å². The second-order valence-electron chi connectivity index (χ2n) is 3.97. The van der Waals surface area contributed by atoms with Gasteiger partial charge in [-0.1, -0.05) is 0 Å². The monoisotopic (exact) mass is 264 g/mol. The molecule has 1 heterocycles. The minimum Gasteiger partial charge on any atom is -0.466 e. The predicted molar refractivity (Wildman–Crippen MR) is 67.1 cm³/mol. The largest absolute Gasteiger partial charge is 0.466 e. The molecule has 1 rings (SSSR count). The first-order valence-corrected chi connectivity index (χ1v) is 5.85. The zero-order chi connectivity index (χ0) is 11.8. The maximum Gasteiger partial charge on any atom is 0.307 e. The van der Waals surface area contributed by atoms with E-state index in [4.69, 9.17) is 4.74 Å². The number of hydrogen-bond acceptors (Lipinski definition) is 4. The van der Waals surface area contributed by atoms with Gasteiger partial charge in [-0.3, -0.25) is 9.59 Å². The minimum absolute atomic E-state index is 0. The van der Waals surface area contributed by atoms with Crippen LogP contribution in [0.1, 0.15) is 26.2 Å². The van der Waals surface area contributed by atoms with Gasteiger partial charge in [-0.05, 0) is 32.4 Å². The molecule has 2 N–H and O–H groups in total. The third-order valence-corrected chi connectivity index (χ3v) is 2.59. The maximum absolute atomic E-state index is 11.4. The highest BCUT2D eigenvalue weighted by Gasteiger charge is 2.17. The Balaban J connectivity index is 0.00000256. The Hall–Kier alpha value is -0.810. The predicted octanol–water partition coefficient (Wildman–Crippen LogP) is 0.477. The Bertz CT molecular complexity index is 243. The van der Waals surface area contributed by atoms with Gasteiger partial charge in [0, 0.05) is 13.0 Å². The van der Waals surface area contributed by atoms with Gasteiger partial charge in [0.25, 0.3) is 0 Å². The lowest BCUT2D eigenvalue weighted by Gasteiger charge is -2.08. The van der Waals surface area contributed by atoms with Gasteiger partial charge in [0.2, 0.25) is 5.91 Å². The van der Waals surface area contributed by atoms with Gasteiger partial charge in [0.1, 0.15) is 0 Å². The molecule has 1 aliphatic heterocycles. The molecule has 17 heavy (non-hydrogen) atoms. The average Bonchev–Trinajstić information content (AvgIpc) is 2.70. The Kier molecular flexibility index (Phi) is 8.80. The third kappa shape index (κ3) is 7.18. The van der Waals surface area contributed by atoms with Crippen LogP contribution in [-0.2, 0) is 14.3 Å². The molecule has 1 aliphatic rings. The molecule has 0 aliphatic carbocycles. The zero-order valence-corrected chi connectivity index (χ0v) is 11.0. The van der Waals surface area contributed by atoms with E-state index < -0.39 is 0 Å². The molecule has 1 amide bonds. The molecular weight excluding hydrogens is 244 g/mol. The molecule has 1 fully saturated rings. The highest BCUT2D eigenvalue weighted by atomic mass is 35.5. The molecule has 0 aromatic carbocycles. The third-order valence-electron chi connectivity index (χ3n) is 2.59. The van der Waals surface area contributed by atoms with E-state index in [1.165, 1.54) is 0 Å². The van der Waals surface area contributed by atoms with E-state index in [-0.39, 0.29) is 30.7 Å². The molecule has 1 saturated heterocycles. The fourth-order valence-corrected chi connectivity index (χ4v) is 1.76. The Morgan fingerprint density at radius 2 is 2.24 bits per heavy atom. The average molecular weight is 265 g/mol. The summed E-state index contributed by atoms with van der Waals surface area (Å²) < 4.78 is 4.76. The first-order chi connectivity index (χ1) is 7.72. The van der Waals surface area contributed by atoms with Crippen molar-refractivity contribution < 1.29 is 14.3 Å². The van der Waals surface area contributed by atoms with Gasteiger partial charge >= 0.3 is 5.97 Å². The molecule has 0 spiro atoms. The molecule has 1 unspecified atom stereocenters. The van der Waals surface area contributed by atoms with E-state index in [9.17, 15) is 9.59 Å². The summed E-state index contributed by atoms with van der Waals surface area (Å²) in [6.07, 6.45) is 1.86. The van der Waals surface area contributed by atoms with Gasteiger partial charge in [-0.25, -0.2) is 0 Å². The fourth-order valence-electron chi connectivity index (χ4n) is 1.76. The number of carbonyl (C=O) groups excluding carboxylic acids is 2. The Morgan fingerprint density at radius 1 is 1.47 bits per heavy atom. The highest BCUT2D eigenvalue weighted by Crippen LogP contribution is 2.11. The zero-order valence-electron chi connectivity index (χ0n) is 10.2. The van der Waals surface area contributed by atoms with Crippen LogP contribution in [0.2, 0.25) is 0 Å². The number of nitrogens with one attached hydrogen (secondary N) is 2. The van der Waals surface area contributed by atoms with Gasteiger partial charge in [-0.15, -0.1) is 12.4 Å². The lowest BCUT2D eigenvalue weighted by molar-refractivity contribution is -0.143. The second-order valence-corrected chi connectivity index (χ2v) is 3.97. The van der Waals surface area contributed by atoms with E-state index >= 15 is 0 Å². The quantitative estimate of drug-likeness (QED) is 0.685.